The number of para-hydroxylation sites is 1. The van der Waals surface area contributed by atoms with E-state index in [1.165, 1.54) is 4.31 Å². The number of sulfonamides is 1. The lowest BCUT2D eigenvalue weighted by Gasteiger charge is -2.26. The fourth-order valence-electron chi connectivity index (χ4n) is 3.40. The SMILES string of the molecule is Cc1ccc(S(=O)(=O)N(C/C(Br)=C/c2cc3ccccc3o2)c2cc(Br)ccc2C)cc1. The highest BCUT2D eigenvalue weighted by Crippen LogP contribution is 2.32. The molecule has 7 heteroatoms. The molecule has 0 N–H and O–H groups in total. The number of rotatable bonds is 6. The second-order valence-corrected chi connectivity index (χ2v) is 11.3. The summed E-state index contributed by atoms with van der Waals surface area (Å²) >= 11 is 7.05. The number of halogens is 2. The highest BCUT2D eigenvalue weighted by Gasteiger charge is 2.27. The zero-order valence-electron chi connectivity index (χ0n) is 17.5. The molecule has 0 aliphatic heterocycles. The highest BCUT2D eigenvalue weighted by atomic mass is 79.9. The van der Waals surface area contributed by atoms with E-state index in [-0.39, 0.29) is 11.4 Å². The Morgan fingerprint density at radius 3 is 2.44 bits per heavy atom. The van der Waals surface area contributed by atoms with E-state index >= 15 is 0 Å². The molecular formula is C25H21Br2NO3S. The minimum absolute atomic E-state index is 0.116. The molecule has 0 saturated heterocycles. The maximum Gasteiger partial charge on any atom is 0.264 e. The van der Waals surface area contributed by atoms with E-state index in [0.29, 0.717) is 15.9 Å². The number of fused-ring (bicyclic) bond motifs is 1. The Labute approximate surface area is 204 Å². The van der Waals surface area contributed by atoms with Crippen molar-refractivity contribution in [2.45, 2.75) is 18.7 Å². The van der Waals surface area contributed by atoms with E-state index in [1.807, 2.05) is 68.5 Å². The Morgan fingerprint density at radius 2 is 1.72 bits per heavy atom. The van der Waals surface area contributed by atoms with Gasteiger partial charge in [0, 0.05) is 14.3 Å². The van der Waals surface area contributed by atoms with E-state index in [1.54, 1.807) is 24.3 Å². The monoisotopic (exact) mass is 573 g/mol. The van der Waals surface area contributed by atoms with Gasteiger partial charge in [0.2, 0.25) is 0 Å². The van der Waals surface area contributed by atoms with Crippen molar-refractivity contribution >= 4 is 64.6 Å². The third kappa shape index (κ3) is 4.85. The number of aryl methyl sites for hydroxylation is 2. The number of nitrogens with zero attached hydrogens (tertiary/aromatic N) is 1. The zero-order chi connectivity index (χ0) is 22.9. The van der Waals surface area contributed by atoms with Crippen LogP contribution in [0.2, 0.25) is 0 Å². The molecule has 0 aliphatic rings. The van der Waals surface area contributed by atoms with Gasteiger partial charge in [-0.05, 0) is 61.9 Å². The highest BCUT2D eigenvalue weighted by molar-refractivity contribution is 9.11. The predicted octanol–water partition coefficient (Wildman–Crippen LogP) is 7.44. The molecule has 0 aliphatic carbocycles. The maximum absolute atomic E-state index is 13.7. The molecule has 32 heavy (non-hydrogen) atoms. The molecule has 0 radical (unpaired) electrons. The summed E-state index contributed by atoms with van der Waals surface area (Å²) in [5.41, 5.74) is 3.24. The van der Waals surface area contributed by atoms with Crippen LogP contribution in [0.5, 0.6) is 0 Å². The molecule has 0 saturated carbocycles. The van der Waals surface area contributed by atoms with Crippen LogP contribution in [-0.4, -0.2) is 15.0 Å². The van der Waals surface area contributed by atoms with Crippen molar-refractivity contribution in [3.63, 3.8) is 0 Å². The summed E-state index contributed by atoms with van der Waals surface area (Å²) < 4.78 is 36.1. The van der Waals surface area contributed by atoms with Gasteiger partial charge in [-0.1, -0.05) is 73.8 Å². The quantitative estimate of drug-likeness (QED) is 0.240. The van der Waals surface area contributed by atoms with Crippen molar-refractivity contribution in [2.75, 3.05) is 10.8 Å². The van der Waals surface area contributed by atoms with Crippen molar-refractivity contribution < 1.29 is 12.8 Å². The van der Waals surface area contributed by atoms with E-state index in [0.717, 1.165) is 26.6 Å². The molecule has 3 aromatic carbocycles. The fraction of sp³-hybridized carbons (Fsp3) is 0.120. The second-order valence-electron chi connectivity index (χ2n) is 7.53. The van der Waals surface area contributed by atoms with Gasteiger partial charge in [-0.2, -0.15) is 0 Å². The van der Waals surface area contributed by atoms with Crippen LogP contribution < -0.4 is 4.31 Å². The molecule has 0 atom stereocenters. The van der Waals surface area contributed by atoms with Gasteiger partial charge < -0.3 is 4.42 Å². The van der Waals surface area contributed by atoms with Crippen LogP contribution in [0.4, 0.5) is 5.69 Å². The second kappa shape index (κ2) is 9.25. The van der Waals surface area contributed by atoms with Crippen LogP contribution in [0.15, 0.2) is 91.1 Å². The van der Waals surface area contributed by atoms with Gasteiger partial charge in [0.1, 0.15) is 11.3 Å². The number of anilines is 1. The van der Waals surface area contributed by atoms with E-state index in [2.05, 4.69) is 31.9 Å². The van der Waals surface area contributed by atoms with Gasteiger partial charge in [0.15, 0.2) is 0 Å². The third-order valence-corrected chi connectivity index (χ3v) is 7.83. The predicted molar refractivity (Wildman–Crippen MR) is 138 cm³/mol. The lowest BCUT2D eigenvalue weighted by molar-refractivity contribution is 0.592. The molecule has 4 nitrogen and oxygen atoms in total. The third-order valence-electron chi connectivity index (χ3n) is 5.09. The number of benzene rings is 3. The molecule has 4 rings (SSSR count). The minimum Gasteiger partial charge on any atom is -0.457 e. The topological polar surface area (TPSA) is 50.5 Å². The number of furan rings is 1. The van der Waals surface area contributed by atoms with Crippen molar-refractivity contribution in [1.29, 1.82) is 0 Å². The van der Waals surface area contributed by atoms with Gasteiger partial charge in [0.05, 0.1) is 17.1 Å². The summed E-state index contributed by atoms with van der Waals surface area (Å²) in [6, 6.07) is 22.2. The Kier molecular flexibility index (Phi) is 6.60. The van der Waals surface area contributed by atoms with Gasteiger partial charge in [-0.25, -0.2) is 8.42 Å². The molecule has 0 fully saturated rings. The Hall–Kier alpha value is -2.35. The van der Waals surface area contributed by atoms with E-state index < -0.39 is 10.0 Å². The van der Waals surface area contributed by atoms with E-state index in [9.17, 15) is 8.42 Å². The van der Waals surface area contributed by atoms with Crippen LogP contribution >= 0.6 is 31.9 Å². The van der Waals surface area contributed by atoms with Gasteiger partial charge >= 0.3 is 0 Å². The van der Waals surface area contributed by atoms with Crippen LogP contribution in [0.3, 0.4) is 0 Å². The summed E-state index contributed by atoms with van der Waals surface area (Å²) in [6.45, 7) is 3.94. The van der Waals surface area contributed by atoms with Gasteiger partial charge in [-0.3, -0.25) is 4.31 Å². The minimum atomic E-state index is -3.81. The average molecular weight is 575 g/mol. The normalized spacial score (nSPS) is 12.3. The van der Waals surface area contributed by atoms with Gasteiger partial charge in [0.25, 0.3) is 10.0 Å². The number of hydrogen-bond donors (Lipinski definition) is 0. The van der Waals surface area contributed by atoms with Gasteiger partial charge in [-0.15, -0.1) is 0 Å². The first-order chi connectivity index (χ1) is 15.2. The molecule has 0 spiro atoms. The molecule has 164 valence electrons. The van der Waals surface area contributed by atoms with Crippen molar-refractivity contribution in [3.05, 3.63) is 98.6 Å². The zero-order valence-corrected chi connectivity index (χ0v) is 21.5. The summed E-state index contributed by atoms with van der Waals surface area (Å²) in [5.74, 6) is 0.650. The molecule has 0 amide bonds. The Bertz CT molecular complexity index is 1370. The van der Waals surface area contributed by atoms with Crippen LogP contribution in [-0.2, 0) is 10.0 Å². The van der Waals surface area contributed by atoms with Crippen LogP contribution in [0.1, 0.15) is 16.9 Å². The molecule has 0 unspecified atom stereocenters. The summed E-state index contributed by atoms with van der Waals surface area (Å²) in [4.78, 5) is 0.242. The van der Waals surface area contributed by atoms with Crippen molar-refractivity contribution in [3.8, 4) is 0 Å². The standard InChI is InChI=1S/C25H21Br2NO3S/c1-17-7-11-23(12-8-17)32(29,30)28(24-15-20(26)10-9-18(24)2)16-21(27)14-22-13-19-5-3-4-6-25(19)31-22/h3-15H,16H2,1-2H3/b21-14-. The van der Waals surface area contributed by atoms with Crippen molar-refractivity contribution in [1.82, 2.24) is 0 Å². The fourth-order valence-corrected chi connectivity index (χ4v) is 5.89. The largest absolute Gasteiger partial charge is 0.457 e. The lowest BCUT2D eigenvalue weighted by Crippen LogP contribution is -2.32. The van der Waals surface area contributed by atoms with E-state index in [4.69, 9.17) is 4.42 Å². The first-order valence-electron chi connectivity index (χ1n) is 9.94. The molecule has 4 aromatic rings. The molecular weight excluding hydrogens is 554 g/mol. The first kappa shape index (κ1) is 22.8. The summed E-state index contributed by atoms with van der Waals surface area (Å²) in [5, 5.41) is 0.992. The average Bonchev–Trinajstić information content (AvgIpc) is 3.16. The Morgan fingerprint density at radius 1 is 1.00 bits per heavy atom. The van der Waals surface area contributed by atoms with Crippen LogP contribution in [0.25, 0.3) is 17.0 Å². The lowest BCUT2D eigenvalue weighted by atomic mass is 10.2. The maximum atomic E-state index is 13.7. The smallest absolute Gasteiger partial charge is 0.264 e. The molecule has 0 bridgehead atoms. The Balaban J connectivity index is 1.76. The molecule has 1 aromatic heterocycles. The van der Waals surface area contributed by atoms with Crippen molar-refractivity contribution in [2.24, 2.45) is 0 Å². The molecule has 1 heterocycles. The summed E-state index contributed by atoms with van der Waals surface area (Å²) in [6.07, 6.45) is 1.81. The first-order valence-corrected chi connectivity index (χ1v) is 13.0. The summed E-state index contributed by atoms with van der Waals surface area (Å²) in [7, 11) is -3.81. The number of hydrogen-bond acceptors (Lipinski definition) is 3. The van der Waals surface area contributed by atoms with Crippen LogP contribution in [0, 0.1) is 13.8 Å².